The molecule has 0 fully saturated rings. The number of alkyl halides is 1. The van der Waals surface area contributed by atoms with Gasteiger partial charge in [0.15, 0.2) is 0 Å². The molecule has 2 unspecified atom stereocenters. The summed E-state index contributed by atoms with van der Waals surface area (Å²) in [6.45, 7) is 2.76. The number of rotatable bonds is 3. The first-order chi connectivity index (χ1) is 12.0. The Labute approximate surface area is 166 Å². The molecule has 3 amide bonds. The van der Waals surface area contributed by atoms with E-state index in [2.05, 4.69) is 10.6 Å². The van der Waals surface area contributed by atoms with Gasteiger partial charge < -0.3 is 21.5 Å². The predicted molar refractivity (Wildman–Crippen MR) is 107 cm³/mol. The van der Waals surface area contributed by atoms with Gasteiger partial charge in [-0.2, -0.15) is 0 Å². The van der Waals surface area contributed by atoms with Crippen molar-refractivity contribution in [1.82, 2.24) is 5.32 Å². The van der Waals surface area contributed by atoms with Crippen LogP contribution in [0.5, 0.6) is 0 Å². The molecule has 0 heterocycles. The van der Waals surface area contributed by atoms with Crippen molar-refractivity contribution in [1.29, 1.82) is 0 Å². The number of nitrogens with two attached hydrogens (primary N) is 1. The Morgan fingerprint density at radius 1 is 1.31 bits per heavy atom. The molecule has 138 valence electrons. The van der Waals surface area contributed by atoms with Gasteiger partial charge in [-0.1, -0.05) is 42.0 Å². The van der Waals surface area contributed by atoms with Gasteiger partial charge in [-0.25, -0.2) is 4.79 Å². The summed E-state index contributed by atoms with van der Waals surface area (Å²) in [5, 5.41) is 15.7. The number of nitrogens with one attached hydrogen (secondary N) is 2. The van der Waals surface area contributed by atoms with Crippen molar-refractivity contribution >= 4 is 63.6 Å². The second-order valence-corrected chi connectivity index (χ2v) is 7.33. The molecule has 1 aromatic carbocycles. The van der Waals surface area contributed by atoms with Gasteiger partial charge in [-0.3, -0.25) is 4.79 Å². The highest BCUT2D eigenvalue weighted by molar-refractivity contribution is 7.80. The lowest BCUT2D eigenvalue weighted by atomic mass is 9.80. The molecule has 0 saturated carbocycles. The molecule has 6 nitrogen and oxygen atoms in total. The summed E-state index contributed by atoms with van der Waals surface area (Å²) < 4.78 is 0. The average Bonchev–Trinajstić information content (AvgIpc) is 2.52. The van der Waals surface area contributed by atoms with Crippen LogP contribution in [0.15, 0.2) is 41.4 Å². The van der Waals surface area contributed by atoms with Crippen LogP contribution in [0.3, 0.4) is 0 Å². The molecule has 5 N–H and O–H groups in total. The van der Waals surface area contributed by atoms with E-state index in [0.29, 0.717) is 16.8 Å². The molecule has 26 heavy (non-hydrogen) atoms. The van der Waals surface area contributed by atoms with Gasteiger partial charge in [0.05, 0.1) is 5.03 Å². The number of urea groups is 1. The summed E-state index contributed by atoms with van der Waals surface area (Å²) >= 11 is 18.0. The molecule has 0 aliphatic heterocycles. The van der Waals surface area contributed by atoms with E-state index in [9.17, 15) is 14.7 Å². The van der Waals surface area contributed by atoms with Crippen LogP contribution in [-0.4, -0.2) is 32.5 Å². The van der Waals surface area contributed by atoms with E-state index in [1.54, 1.807) is 24.3 Å². The monoisotopic (exact) mass is 413 g/mol. The predicted octanol–water partition coefficient (Wildman–Crippen LogP) is 2.89. The maximum absolute atomic E-state index is 11.5. The Balaban J connectivity index is 2.62. The van der Waals surface area contributed by atoms with E-state index >= 15 is 0 Å². The molecule has 0 saturated heterocycles. The molecule has 0 spiro atoms. The van der Waals surface area contributed by atoms with Gasteiger partial charge in [-0.15, -0.1) is 11.6 Å². The number of anilines is 1. The van der Waals surface area contributed by atoms with E-state index in [-0.39, 0.29) is 15.9 Å². The average molecular weight is 414 g/mol. The van der Waals surface area contributed by atoms with Gasteiger partial charge in [0.25, 0.3) is 0 Å². The highest BCUT2D eigenvalue weighted by atomic mass is 35.5. The Hall–Kier alpha value is -1.93. The van der Waals surface area contributed by atoms with Crippen molar-refractivity contribution in [3.63, 3.8) is 0 Å². The highest BCUT2D eigenvalue weighted by Gasteiger charge is 2.52. The molecule has 9 heteroatoms. The third-order valence-electron chi connectivity index (χ3n) is 3.93. The summed E-state index contributed by atoms with van der Waals surface area (Å²) in [5.41, 5.74) is 4.98. The minimum atomic E-state index is -1.79. The lowest BCUT2D eigenvalue weighted by Gasteiger charge is -2.41. The van der Waals surface area contributed by atoms with Gasteiger partial charge in [0.1, 0.15) is 15.5 Å². The largest absolute Gasteiger partial charge is 0.382 e. The highest BCUT2D eigenvalue weighted by Crippen LogP contribution is 2.46. The summed E-state index contributed by atoms with van der Waals surface area (Å²) in [6, 6.07) is 6.07. The number of halogens is 2. The minimum absolute atomic E-state index is 0.0104. The number of amides is 3. The first-order valence-electron chi connectivity index (χ1n) is 7.48. The summed E-state index contributed by atoms with van der Waals surface area (Å²) in [6.07, 6.45) is 3.00. The molecule has 1 aliphatic rings. The fourth-order valence-corrected chi connectivity index (χ4v) is 3.47. The SMILES string of the molecule is CC(=O)Nc1ccccc1C1=CC(Cl)(C(=S)NC(N)=O)C(C)(O)C(Cl)=C1. The third kappa shape index (κ3) is 3.76. The second kappa shape index (κ2) is 7.36. The van der Waals surface area contributed by atoms with Crippen LogP contribution in [0.25, 0.3) is 5.57 Å². The minimum Gasteiger partial charge on any atom is -0.382 e. The van der Waals surface area contributed by atoms with Crippen molar-refractivity contribution in [3.8, 4) is 0 Å². The summed E-state index contributed by atoms with van der Waals surface area (Å²) in [4.78, 5) is 20.7. The second-order valence-electron chi connectivity index (χ2n) is 5.92. The van der Waals surface area contributed by atoms with E-state index in [1.807, 2.05) is 0 Å². The maximum Gasteiger partial charge on any atom is 0.317 e. The zero-order chi connectivity index (χ0) is 19.7. The van der Waals surface area contributed by atoms with E-state index < -0.39 is 16.5 Å². The maximum atomic E-state index is 11.5. The summed E-state index contributed by atoms with van der Waals surface area (Å²) in [5.74, 6) is -0.251. The topological polar surface area (TPSA) is 104 Å². The Kier molecular flexibility index (Phi) is 5.77. The molecule has 2 atom stereocenters. The molecule has 2 rings (SSSR count). The number of hydrogen-bond acceptors (Lipinski definition) is 4. The Morgan fingerprint density at radius 3 is 2.50 bits per heavy atom. The van der Waals surface area contributed by atoms with Crippen molar-refractivity contribution in [3.05, 3.63) is 47.0 Å². The number of carbonyl (C=O) groups excluding carboxylic acids is 2. The summed E-state index contributed by atoms with van der Waals surface area (Å²) in [7, 11) is 0. The van der Waals surface area contributed by atoms with Gasteiger partial charge in [0, 0.05) is 18.2 Å². The molecule has 0 bridgehead atoms. The molecule has 1 aromatic rings. The zero-order valence-corrected chi connectivity index (χ0v) is 16.3. The number of carbonyl (C=O) groups is 2. The van der Waals surface area contributed by atoms with Crippen molar-refractivity contribution in [2.24, 2.45) is 5.73 Å². The van der Waals surface area contributed by atoms with E-state index in [1.165, 1.54) is 26.0 Å². The fraction of sp³-hybridized carbons (Fsp3) is 0.235. The van der Waals surface area contributed by atoms with Crippen LogP contribution in [0.4, 0.5) is 10.5 Å². The standard InChI is InChI=1S/C17H17Cl2N3O3S/c1-9(23)21-12-6-4-3-5-11(12)10-7-13(18)16(2,25)17(19,8-10)14(26)22-15(20)24/h3-8,25H,1-2H3,(H,21,23)(H3,20,22,24,26). The molecular formula is C17H17Cl2N3O3S. The smallest absolute Gasteiger partial charge is 0.317 e. The Morgan fingerprint density at radius 2 is 1.92 bits per heavy atom. The number of primary amides is 1. The number of hydrogen-bond donors (Lipinski definition) is 4. The van der Waals surface area contributed by atoms with Crippen molar-refractivity contribution in [2.45, 2.75) is 24.3 Å². The zero-order valence-electron chi connectivity index (χ0n) is 14.0. The number of para-hydroxylation sites is 1. The first kappa shape index (κ1) is 20.4. The van der Waals surface area contributed by atoms with Crippen LogP contribution in [-0.2, 0) is 4.79 Å². The van der Waals surface area contributed by atoms with Crippen molar-refractivity contribution in [2.75, 3.05) is 5.32 Å². The number of allylic oxidation sites excluding steroid dienone is 2. The molecule has 1 aliphatic carbocycles. The van der Waals surface area contributed by atoms with Gasteiger partial charge in [-0.05, 0) is 30.7 Å². The molecule has 0 radical (unpaired) electrons. The lowest BCUT2D eigenvalue weighted by Crippen LogP contribution is -2.58. The first-order valence-corrected chi connectivity index (χ1v) is 8.65. The number of aliphatic hydroxyl groups is 1. The van der Waals surface area contributed by atoms with E-state index in [4.69, 9.17) is 41.2 Å². The third-order valence-corrected chi connectivity index (χ3v) is 5.61. The number of thiocarbonyl (C=S) groups is 1. The van der Waals surface area contributed by atoms with E-state index in [0.717, 1.165) is 0 Å². The van der Waals surface area contributed by atoms with Gasteiger partial charge in [0.2, 0.25) is 5.91 Å². The lowest BCUT2D eigenvalue weighted by molar-refractivity contribution is -0.114. The normalized spacial score (nSPS) is 25.0. The quantitative estimate of drug-likeness (QED) is 0.451. The van der Waals surface area contributed by atoms with Crippen LogP contribution in [0.1, 0.15) is 19.4 Å². The van der Waals surface area contributed by atoms with Crippen LogP contribution >= 0.6 is 35.4 Å². The molecular weight excluding hydrogens is 397 g/mol. The van der Waals surface area contributed by atoms with Crippen LogP contribution in [0, 0.1) is 0 Å². The van der Waals surface area contributed by atoms with Crippen molar-refractivity contribution < 1.29 is 14.7 Å². The van der Waals surface area contributed by atoms with Crippen LogP contribution in [0.2, 0.25) is 0 Å². The fourth-order valence-electron chi connectivity index (χ4n) is 2.53. The molecule has 0 aromatic heterocycles. The van der Waals surface area contributed by atoms with Crippen LogP contribution < -0.4 is 16.4 Å². The van der Waals surface area contributed by atoms with Gasteiger partial charge >= 0.3 is 6.03 Å². The Bertz CT molecular complexity index is 851. The number of benzene rings is 1.